The van der Waals surface area contributed by atoms with E-state index in [0.717, 1.165) is 32.7 Å². The van der Waals surface area contributed by atoms with Crippen LogP contribution in [0.4, 0.5) is 0 Å². The summed E-state index contributed by atoms with van der Waals surface area (Å²) in [6.45, 7) is 7.04. The predicted molar refractivity (Wildman–Crippen MR) is 97.0 cm³/mol. The molecule has 0 bridgehead atoms. The number of carbonyl (C=O) groups is 1. The van der Waals surface area contributed by atoms with Gasteiger partial charge >= 0.3 is 0 Å². The van der Waals surface area contributed by atoms with Crippen LogP contribution in [-0.2, 0) is 0 Å². The molecule has 1 aliphatic rings. The van der Waals surface area contributed by atoms with Crippen LogP contribution >= 0.6 is 0 Å². The Morgan fingerprint density at radius 1 is 1.08 bits per heavy atom. The fourth-order valence-electron chi connectivity index (χ4n) is 2.98. The monoisotopic (exact) mass is 351 g/mol. The summed E-state index contributed by atoms with van der Waals surface area (Å²) in [5.41, 5.74) is 0.486. The van der Waals surface area contributed by atoms with Crippen molar-refractivity contribution >= 4 is 5.91 Å². The molecular formula is C18H29N3O4. The Morgan fingerprint density at radius 2 is 1.64 bits per heavy atom. The average molecular weight is 351 g/mol. The van der Waals surface area contributed by atoms with Gasteiger partial charge in [-0.15, -0.1) is 0 Å². The quantitative estimate of drug-likeness (QED) is 0.793. The number of nitrogens with one attached hydrogen (secondary N) is 1. The minimum Gasteiger partial charge on any atom is -0.493 e. The molecule has 1 aromatic carbocycles. The number of nitrogens with zero attached hydrogens (tertiary/aromatic N) is 2. The molecule has 140 valence electrons. The summed E-state index contributed by atoms with van der Waals surface area (Å²) in [5, 5.41) is 3.05. The van der Waals surface area contributed by atoms with Gasteiger partial charge in [0.25, 0.3) is 5.91 Å². The molecule has 0 aliphatic carbocycles. The lowest BCUT2D eigenvalue weighted by atomic mass is 10.1. The summed E-state index contributed by atoms with van der Waals surface area (Å²) in [6.07, 6.45) is 0. The summed E-state index contributed by atoms with van der Waals surface area (Å²) in [5.74, 6) is 1.27. The number of benzene rings is 1. The first-order valence-electron chi connectivity index (χ1n) is 8.50. The molecule has 7 heteroatoms. The Morgan fingerprint density at radius 3 is 2.12 bits per heavy atom. The van der Waals surface area contributed by atoms with Crippen LogP contribution in [0.25, 0.3) is 0 Å². The van der Waals surface area contributed by atoms with Crippen molar-refractivity contribution in [2.75, 3.05) is 61.1 Å². The first-order chi connectivity index (χ1) is 12.0. The predicted octanol–water partition coefficient (Wildman–Crippen LogP) is 1.08. The van der Waals surface area contributed by atoms with E-state index < -0.39 is 0 Å². The number of rotatable bonds is 7. The molecule has 7 nitrogen and oxygen atoms in total. The fourth-order valence-corrected chi connectivity index (χ4v) is 2.98. The largest absolute Gasteiger partial charge is 0.493 e. The van der Waals surface area contributed by atoms with Crippen molar-refractivity contribution in [1.29, 1.82) is 0 Å². The van der Waals surface area contributed by atoms with Crippen molar-refractivity contribution < 1.29 is 19.0 Å². The molecular weight excluding hydrogens is 322 g/mol. The lowest BCUT2D eigenvalue weighted by molar-refractivity contribution is 0.0913. The third-order valence-electron chi connectivity index (χ3n) is 4.43. The highest BCUT2D eigenvalue weighted by Crippen LogP contribution is 2.38. The molecule has 0 aromatic heterocycles. The average Bonchev–Trinajstić information content (AvgIpc) is 2.62. The van der Waals surface area contributed by atoms with Crippen molar-refractivity contribution in [3.05, 3.63) is 17.7 Å². The summed E-state index contributed by atoms with van der Waals surface area (Å²) in [4.78, 5) is 17.3. The second-order valence-corrected chi connectivity index (χ2v) is 6.39. The van der Waals surface area contributed by atoms with Crippen LogP contribution in [0.2, 0.25) is 0 Å². The van der Waals surface area contributed by atoms with Gasteiger partial charge < -0.3 is 24.4 Å². The molecule has 1 fully saturated rings. The Bertz CT molecular complexity index is 561. The van der Waals surface area contributed by atoms with Crippen LogP contribution in [-0.4, -0.2) is 82.8 Å². The number of likely N-dealkylation sites (N-methyl/N-ethyl adjacent to an activating group) is 1. The van der Waals surface area contributed by atoms with Crippen LogP contribution in [0.15, 0.2) is 12.1 Å². The normalized spacial score (nSPS) is 17.0. The molecule has 25 heavy (non-hydrogen) atoms. The Hall–Kier alpha value is -1.99. The number of amides is 1. The summed E-state index contributed by atoms with van der Waals surface area (Å²) >= 11 is 0. The smallest absolute Gasteiger partial charge is 0.251 e. The maximum Gasteiger partial charge on any atom is 0.251 e. The van der Waals surface area contributed by atoms with Crippen LogP contribution in [0.3, 0.4) is 0 Å². The number of carbonyl (C=O) groups excluding carboxylic acids is 1. The standard InChI is InChI=1S/C18H29N3O4/c1-13(12-21-8-6-20(2)7-9-21)19-18(22)14-10-15(23-3)17(25-5)16(11-14)24-4/h10-11,13H,6-9,12H2,1-5H3,(H,19,22). The molecule has 1 heterocycles. The Labute approximate surface area is 149 Å². The molecule has 1 N–H and O–H groups in total. The van der Waals surface area contributed by atoms with Crippen molar-refractivity contribution in [2.45, 2.75) is 13.0 Å². The van der Waals surface area contributed by atoms with Gasteiger partial charge in [0, 0.05) is 44.3 Å². The van der Waals surface area contributed by atoms with E-state index in [0.29, 0.717) is 22.8 Å². The zero-order chi connectivity index (χ0) is 18.4. The van der Waals surface area contributed by atoms with Crippen molar-refractivity contribution in [2.24, 2.45) is 0 Å². The minimum absolute atomic E-state index is 0.0509. The molecule has 1 aliphatic heterocycles. The van der Waals surface area contributed by atoms with Gasteiger partial charge in [-0.1, -0.05) is 0 Å². The maximum atomic E-state index is 12.6. The molecule has 2 rings (SSSR count). The molecule has 0 radical (unpaired) electrons. The lowest BCUT2D eigenvalue weighted by Crippen LogP contribution is -2.49. The van der Waals surface area contributed by atoms with Gasteiger partial charge in [0.2, 0.25) is 5.75 Å². The molecule has 0 spiro atoms. The topological polar surface area (TPSA) is 63.3 Å². The summed E-state index contributed by atoms with van der Waals surface area (Å²) < 4.78 is 15.9. The fraction of sp³-hybridized carbons (Fsp3) is 0.611. The van der Waals surface area contributed by atoms with E-state index in [1.54, 1.807) is 12.1 Å². The van der Waals surface area contributed by atoms with Crippen LogP contribution in [0.5, 0.6) is 17.2 Å². The van der Waals surface area contributed by atoms with Crippen LogP contribution in [0, 0.1) is 0 Å². The van der Waals surface area contributed by atoms with Gasteiger partial charge in [-0.25, -0.2) is 0 Å². The van der Waals surface area contributed by atoms with Crippen molar-refractivity contribution in [3.8, 4) is 17.2 Å². The van der Waals surface area contributed by atoms with Gasteiger partial charge in [-0.3, -0.25) is 9.69 Å². The van der Waals surface area contributed by atoms with E-state index in [1.165, 1.54) is 21.3 Å². The number of piperazine rings is 1. The minimum atomic E-state index is -0.152. The highest BCUT2D eigenvalue weighted by Gasteiger charge is 2.20. The second kappa shape index (κ2) is 8.92. The number of ether oxygens (including phenoxy) is 3. The molecule has 1 aromatic rings. The zero-order valence-corrected chi connectivity index (χ0v) is 15.8. The van der Waals surface area contributed by atoms with E-state index in [2.05, 4.69) is 22.2 Å². The SMILES string of the molecule is COc1cc(C(=O)NC(C)CN2CCN(C)CC2)cc(OC)c1OC. The number of methoxy groups -OCH3 is 3. The first-order valence-corrected chi connectivity index (χ1v) is 8.50. The molecule has 1 amide bonds. The van der Waals surface area contributed by atoms with Gasteiger partial charge in [-0.2, -0.15) is 0 Å². The number of hydrogen-bond acceptors (Lipinski definition) is 6. The van der Waals surface area contributed by atoms with E-state index in [-0.39, 0.29) is 11.9 Å². The lowest BCUT2D eigenvalue weighted by Gasteiger charge is -2.34. The Kier molecular flexibility index (Phi) is 6.90. The van der Waals surface area contributed by atoms with Crippen LogP contribution < -0.4 is 19.5 Å². The molecule has 1 saturated heterocycles. The van der Waals surface area contributed by atoms with Gasteiger partial charge in [0.05, 0.1) is 21.3 Å². The van der Waals surface area contributed by atoms with E-state index >= 15 is 0 Å². The third kappa shape index (κ3) is 4.99. The summed E-state index contributed by atoms with van der Waals surface area (Å²) in [7, 11) is 6.75. The van der Waals surface area contributed by atoms with Gasteiger partial charge in [0.1, 0.15) is 0 Å². The van der Waals surface area contributed by atoms with E-state index in [1.807, 2.05) is 6.92 Å². The summed E-state index contributed by atoms with van der Waals surface area (Å²) in [6, 6.07) is 3.38. The van der Waals surface area contributed by atoms with E-state index in [9.17, 15) is 4.79 Å². The highest BCUT2D eigenvalue weighted by atomic mass is 16.5. The van der Waals surface area contributed by atoms with Gasteiger partial charge in [-0.05, 0) is 26.1 Å². The molecule has 1 unspecified atom stereocenters. The maximum absolute atomic E-state index is 12.6. The van der Waals surface area contributed by atoms with Crippen LogP contribution in [0.1, 0.15) is 17.3 Å². The van der Waals surface area contributed by atoms with Gasteiger partial charge in [0.15, 0.2) is 11.5 Å². The first kappa shape index (κ1) is 19.3. The Balaban J connectivity index is 2.02. The third-order valence-corrected chi connectivity index (χ3v) is 4.43. The highest BCUT2D eigenvalue weighted by molar-refractivity contribution is 5.95. The number of hydrogen-bond donors (Lipinski definition) is 1. The van der Waals surface area contributed by atoms with Crippen molar-refractivity contribution in [1.82, 2.24) is 15.1 Å². The molecule has 0 saturated carbocycles. The second-order valence-electron chi connectivity index (χ2n) is 6.39. The van der Waals surface area contributed by atoms with Crippen molar-refractivity contribution in [3.63, 3.8) is 0 Å². The zero-order valence-electron chi connectivity index (χ0n) is 15.8. The molecule has 1 atom stereocenters. The van der Waals surface area contributed by atoms with E-state index in [4.69, 9.17) is 14.2 Å².